The van der Waals surface area contributed by atoms with E-state index in [-0.39, 0.29) is 31.3 Å². The number of para-hydroxylation sites is 2. The topological polar surface area (TPSA) is 72.9 Å². The van der Waals surface area contributed by atoms with Crippen LogP contribution in [0.5, 0.6) is 5.75 Å². The molecule has 8 heteroatoms. The van der Waals surface area contributed by atoms with Crippen molar-refractivity contribution in [3.8, 4) is 5.75 Å². The maximum absolute atomic E-state index is 12.2. The summed E-state index contributed by atoms with van der Waals surface area (Å²) < 4.78 is 11.0. The quantitative estimate of drug-likeness (QED) is 0.590. The molecule has 1 aliphatic heterocycles. The van der Waals surface area contributed by atoms with E-state index in [9.17, 15) is 14.4 Å². The molecule has 0 atom stereocenters. The van der Waals surface area contributed by atoms with Crippen molar-refractivity contribution in [1.29, 1.82) is 0 Å². The van der Waals surface area contributed by atoms with Crippen molar-refractivity contribution >= 4 is 46.3 Å². The molecule has 1 aromatic heterocycles. The van der Waals surface area contributed by atoms with Crippen LogP contribution in [0.2, 0.25) is 4.34 Å². The smallest absolute Gasteiger partial charge is 0.326 e. The van der Waals surface area contributed by atoms with Gasteiger partial charge in [0.1, 0.15) is 12.3 Å². The molecule has 0 bridgehead atoms. The van der Waals surface area contributed by atoms with Crippen LogP contribution < -0.4 is 9.64 Å². The summed E-state index contributed by atoms with van der Waals surface area (Å²) in [4.78, 5) is 38.0. The second kappa shape index (κ2) is 7.67. The van der Waals surface area contributed by atoms with Crippen LogP contribution in [0, 0.1) is 0 Å². The number of hydrogen-bond donors (Lipinski definition) is 0. The lowest BCUT2D eigenvalue weighted by Crippen LogP contribution is -2.36. The first kappa shape index (κ1) is 17.4. The zero-order valence-electron chi connectivity index (χ0n) is 13.1. The van der Waals surface area contributed by atoms with Gasteiger partial charge in [0, 0.05) is 0 Å². The normalized spacial score (nSPS) is 13.6. The number of Topliss-reactive ketones (excluding diaryl/α,β-unsaturated/α-hetero) is 1. The number of esters is 1. The van der Waals surface area contributed by atoms with Crippen LogP contribution in [-0.4, -0.2) is 37.4 Å². The SMILES string of the molecule is O=C(CN1C(=O)CCOc2ccccc21)OCC(=O)c1ccc(Cl)s1. The Morgan fingerprint density at radius 1 is 1.24 bits per heavy atom. The molecule has 0 saturated heterocycles. The minimum absolute atomic E-state index is 0.161. The van der Waals surface area contributed by atoms with E-state index < -0.39 is 12.6 Å². The van der Waals surface area contributed by atoms with Crippen molar-refractivity contribution in [3.63, 3.8) is 0 Å². The Balaban J connectivity index is 1.64. The standard InChI is InChI=1S/C17H14ClNO5S/c18-15-6-5-14(25-15)12(20)10-24-17(22)9-19-11-3-1-2-4-13(11)23-8-7-16(19)21/h1-6H,7-10H2. The number of halogens is 1. The van der Waals surface area contributed by atoms with E-state index in [1.165, 1.54) is 4.90 Å². The van der Waals surface area contributed by atoms with E-state index in [0.717, 1.165) is 11.3 Å². The predicted octanol–water partition coefficient (Wildman–Crippen LogP) is 2.94. The van der Waals surface area contributed by atoms with Gasteiger partial charge in [-0.1, -0.05) is 23.7 Å². The highest BCUT2D eigenvalue weighted by atomic mass is 35.5. The Labute approximate surface area is 152 Å². The number of ether oxygens (including phenoxy) is 2. The second-order valence-electron chi connectivity index (χ2n) is 5.23. The van der Waals surface area contributed by atoms with Crippen molar-refractivity contribution in [2.75, 3.05) is 24.7 Å². The first-order valence-corrected chi connectivity index (χ1v) is 8.70. The molecule has 1 aromatic carbocycles. The molecule has 0 unspecified atom stereocenters. The van der Waals surface area contributed by atoms with Crippen LogP contribution in [-0.2, 0) is 14.3 Å². The minimum Gasteiger partial charge on any atom is -0.491 e. The number of amides is 1. The van der Waals surface area contributed by atoms with Gasteiger partial charge in [-0.15, -0.1) is 11.3 Å². The summed E-state index contributed by atoms with van der Waals surface area (Å²) in [6, 6.07) is 10.2. The largest absolute Gasteiger partial charge is 0.491 e. The highest BCUT2D eigenvalue weighted by Gasteiger charge is 2.26. The van der Waals surface area contributed by atoms with E-state index in [2.05, 4.69) is 0 Å². The molecule has 1 amide bonds. The third-order valence-electron chi connectivity index (χ3n) is 3.53. The molecule has 0 fully saturated rings. The summed E-state index contributed by atoms with van der Waals surface area (Å²) in [7, 11) is 0. The number of benzene rings is 1. The third-order valence-corrected chi connectivity index (χ3v) is 4.80. The van der Waals surface area contributed by atoms with Gasteiger partial charge in [-0.3, -0.25) is 19.3 Å². The van der Waals surface area contributed by atoms with Gasteiger partial charge in [0.2, 0.25) is 11.7 Å². The molecule has 0 spiro atoms. The molecule has 2 aromatic rings. The lowest BCUT2D eigenvalue weighted by Gasteiger charge is -2.20. The molecular weight excluding hydrogens is 366 g/mol. The van der Waals surface area contributed by atoms with Crippen LogP contribution in [0.4, 0.5) is 5.69 Å². The molecule has 1 aliphatic rings. The van der Waals surface area contributed by atoms with E-state index in [1.54, 1.807) is 36.4 Å². The second-order valence-corrected chi connectivity index (χ2v) is 6.95. The molecule has 2 heterocycles. The van der Waals surface area contributed by atoms with Crippen LogP contribution in [0.25, 0.3) is 0 Å². The lowest BCUT2D eigenvalue weighted by molar-refractivity contribution is -0.141. The fourth-order valence-corrected chi connectivity index (χ4v) is 3.32. The summed E-state index contributed by atoms with van der Waals surface area (Å²) in [6.07, 6.45) is 0.161. The minimum atomic E-state index is -0.666. The number of anilines is 1. The number of nitrogens with zero attached hydrogens (tertiary/aromatic N) is 1. The van der Waals surface area contributed by atoms with Gasteiger partial charge >= 0.3 is 5.97 Å². The summed E-state index contributed by atoms with van der Waals surface area (Å²) in [6.45, 7) is -0.424. The van der Waals surface area contributed by atoms with Gasteiger partial charge in [0.15, 0.2) is 6.61 Å². The molecule has 3 rings (SSSR count). The summed E-state index contributed by atoms with van der Waals surface area (Å²) >= 11 is 6.90. The maximum atomic E-state index is 12.2. The van der Waals surface area contributed by atoms with Gasteiger partial charge in [-0.2, -0.15) is 0 Å². The van der Waals surface area contributed by atoms with Crippen molar-refractivity contribution in [2.45, 2.75) is 6.42 Å². The van der Waals surface area contributed by atoms with E-state index in [0.29, 0.717) is 20.7 Å². The van der Waals surface area contributed by atoms with Crippen molar-refractivity contribution in [2.24, 2.45) is 0 Å². The molecule has 0 aliphatic carbocycles. The predicted molar refractivity (Wildman–Crippen MR) is 93.5 cm³/mol. The zero-order chi connectivity index (χ0) is 17.8. The molecule has 25 heavy (non-hydrogen) atoms. The number of hydrogen-bond acceptors (Lipinski definition) is 6. The van der Waals surface area contributed by atoms with E-state index in [1.807, 2.05) is 0 Å². The van der Waals surface area contributed by atoms with Crippen molar-refractivity contribution in [1.82, 2.24) is 0 Å². The van der Waals surface area contributed by atoms with Crippen LogP contribution in [0.3, 0.4) is 0 Å². The lowest BCUT2D eigenvalue weighted by atomic mass is 10.2. The molecule has 0 radical (unpaired) electrons. The Morgan fingerprint density at radius 2 is 2.04 bits per heavy atom. The Kier molecular flexibility index (Phi) is 5.35. The number of carbonyl (C=O) groups is 3. The summed E-state index contributed by atoms with van der Waals surface area (Å²) in [5.41, 5.74) is 0.512. The zero-order valence-corrected chi connectivity index (χ0v) is 14.6. The van der Waals surface area contributed by atoms with Crippen molar-refractivity contribution in [3.05, 3.63) is 45.6 Å². The fourth-order valence-electron chi connectivity index (χ4n) is 2.35. The van der Waals surface area contributed by atoms with E-state index in [4.69, 9.17) is 21.1 Å². The number of fused-ring (bicyclic) bond motifs is 1. The first-order valence-electron chi connectivity index (χ1n) is 7.51. The summed E-state index contributed by atoms with van der Waals surface area (Å²) in [5, 5.41) is 0. The Hall–Kier alpha value is -2.38. The van der Waals surface area contributed by atoms with E-state index >= 15 is 0 Å². The molecule has 0 N–H and O–H groups in total. The Bertz CT molecular complexity index is 819. The van der Waals surface area contributed by atoms with Crippen LogP contribution in [0.1, 0.15) is 16.1 Å². The summed E-state index contributed by atoms with van der Waals surface area (Å²) in [5.74, 6) is -0.707. The molecule has 6 nitrogen and oxygen atoms in total. The molecular formula is C17H14ClNO5S. The molecule has 0 saturated carbocycles. The van der Waals surface area contributed by atoms with Crippen LogP contribution in [0.15, 0.2) is 36.4 Å². The van der Waals surface area contributed by atoms with Gasteiger partial charge in [-0.25, -0.2) is 0 Å². The first-order chi connectivity index (χ1) is 12.0. The monoisotopic (exact) mass is 379 g/mol. The average molecular weight is 380 g/mol. The average Bonchev–Trinajstić information content (AvgIpc) is 2.98. The Morgan fingerprint density at radius 3 is 2.80 bits per heavy atom. The van der Waals surface area contributed by atoms with Crippen molar-refractivity contribution < 1.29 is 23.9 Å². The van der Waals surface area contributed by atoms with Gasteiger partial charge < -0.3 is 9.47 Å². The number of thiophene rings is 1. The molecule has 130 valence electrons. The highest BCUT2D eigenvalue weighted by molar-refractivity contribution is 7.18. The number of carbonyl (C=O) groups excluding carboxylic acids is 3. The number of rotatable bonds is 5. The van der Waals surface area contributed by atoms with Gasteiger partial charge in [0.25, 0.3) is 0 Å². The maximum Gasteiger partial charge on any atom is 0.326 e. The highest BCUT2D eigenvalue weighted by Crippen LogP contribution is 2.30. The third kappa shape index (κ3) is 4.18. The fraction of sp³-hybridized carbons (Fsp3) is 0.235. The number of ketones is 1. The van der Waals surface area contributed by atoms with Crippen LogP contribution >= 0.6 is 22.9 Å². The van der Waals surface area contributed by atoms with Gasteiger partial charge in [0.05, 0.1) is 27.9 Å². The van der Waals surface area contributed by atoms with Gasteiger partial charge in [-0.05, 0) is 24.3 Å².